The Bertz CT molecular complexity index is 185. The minimum atomic E-state index is 0.399. The first kappa shape index (κ1) is 10.4. The second-order valence-electron chi connectivity index (χ2n) is 4.97. The normalized spacial score (nSPS) is 41.8. The van der Waals surface area contributed by atoms with Crippen molar-refractivity contribution in [2.45, 2.75) is 57.7 Å². The lowest BCUT2D eigenvalue weighted by atomic mass is 9.99. The molecule has 14 heavy (non-hydrogen) atoms. The van der Waals surface area contributed by atoms with Gasteiger partial charge in [-0.3, -0.25) is 0 Å². The van der Waals surface area contributed by atoms with Gasteiger partial charge in [-0.05, 0) is 33.1 Å². The molecule has 0 saturated carbocycles. The third-order valence-electron chi connectivity index (χ3n) is 3.68. The molecule has 2 heterocycles. The average Bonchev–Trinajstić information content (AvgIpc) is 2.51. The Labute approximate surface area is 87.2 Å². The maximum absolute atomic E-state index is 5.95. The highest BCUT2D eigenvalue weighted by molar-refractivity contribution is 4.83. The third kappa shape index (κ3) is 1.95. The molecule has 2 aliphatic rings. The second-order valence-corrected chi connectivity index (χ2v) is 4.97. The van der Waals surface area contributed by atoms with Gasteiger partial charge in [-0.25, -0.2) is 10.0 Å². The summed E-state index contributed by atoms with van der Waals surface area (Å²) in [5.74, 6) is 0. The van der Waals surface area contributed by atoms with Crippen LogP contribution in [0.5, 0.6) is 0 Å². The zero-order chi connectivity index (χ0) is 10.1. The number of hydrogen-bond acceptors (Lipinski definition) is 3. The van der Waals surface area contributed by atoms with Crippen LogP contribution in [0.1, 0.15) is 39.5 Å². The summed E-state index contributed by atoms with van der Waals surface area (Å²) in [5, 5.41) is 5.06. The summed E-state index contributed by atoms with van der Waals surface area (Å²) >= 11 is 0. The van der Waals surface area contributed by atoms with Crippen LogP contribution < -0.4 is 5.73 Å². The van der Waals surface area contributed by atoms with Crippen molar-refractivity contribution in [1.29, 1.82) is 0 Å². The molecule has 0 radical (unpaired) electrons. The highest BCUT2D eigenvalue weighted by Crippen LogP contribution is 2.26. The van der Waals surface area contributed by atoms with Gasteiger partial charge in [-0.15, -0.1) is 0 Å². The molecular weight excluding hydrogens is 174 g/mol. The van der Waals surface area contributed by atoms with Gasteiger partial charge in [0.05, 0.1) is 0 Å². The fourth-order valence-corrected chi connectivity index (χ4v) is 2.94. The van der Waals surface area contributed by atoms with E-state index in [0.29, 0.717) is 18.1 Å². The number of rotatable bonds is 1. The fourth-order valence-electron chi connectivity index (χ4n) is 2.94. The van der Waals surface area contributed by atoms with Crippen LogP contribution in [0.15, 0.2) is 0 Å². The summed E-state index contributed by atoms with van der Waals surface area (Å²) in [5.41, 5.74) is 5.95. The van der Waals surface area contributed by atoms with Gasteiger partial charge in [0.1, 0.15) is 0 Å². The van der Waals surface area contributed by atoms with Crippen molar-refractivity contribution in [3.63, 3.8) is 0 Å². The molecule has 0 bridgehead atoms. The molecule has 2 fully saturated rings. The lowest BCUT2D eigenvalue weighted by Crippen LogP contribution is -2.53. The van der Waals surface area contributed by atoms with Crippen molar-refractivity contribution in [1.82, 2.24) is 10.0 Å². The van der Waals surface area contributed by atoms with E-state index in [9.17, 15) is 0 Å². The SMILES string of the molecule is CC1CCCC(C)N1N1CCC(N)C1. The minimum absolute atomic E-state index is 0.399. The van der Waals surface area contributed by atoms with E-state index in [1.165, 1.54) is 19.3 Å². The van der Waals surface area contributed by atoms with Gasteiger partial charge in [0.15, 0.2) is 0 Å². The first-order valence-electron chi connectivity index (χ1n) is 5.97. The molecule has 82 valence electrons. The minimum Gasteiger partial charge on any atom is -0.326 e. The van der Waals surface area contributed by atoms with Crippen molar-refractivity contribution in [3.8, 4) is 0 Å². The molecule has 3 nitrogen and oxygen atoms in total. The van der Waals surface area contributed by atoms with Crippen LogP contribution in [-0.4, -0.2) is 41.2 Å². The van der Waals surface area contributed by atoms with Crippen LogP contribution in [-0.2, 0) is 0 Å². The molecule has 0 amide bonds. The third-order valence-corrected chi connectivity index (χ3v) is 3.68. The first-order chi connectivity index (χ1) is 6.68. The van der Waals surface area contributed by atoms with Gasteiger partial charge in [-0.2, -0.15) is 0 Å². The Kier molecular flexibility index (Phi) is 3.10. The summed E-state index contributed by atoms with van der Waals surface area (Å²) in [7, 11) is 0. The number of hydrogen-bond donors (Lipinski definition) is 1. The Morgan fingerprint density at radius 3 is 2.21 bits per heavy atom. The zero-order valence-electron chi connectivity index (χ0n) is 9.45. The smallest absolute Gasteiger partial charge is 0.0286 e. The van der Waals surface area contributed by atoms with Crippen molar-refractivity contribution >= 4 is 0 Å². The number of piperidine rings is 1. The molecule has 0 aromatic carbocycles. The van der Waals surface area contributed by atoms with E-state index in [1.807, 2.05) is 0 Å². The Balaban J connectivity index is 1.99. The van der Waals surface area contributed by atoms with Crippen LogP contribution in [0.25, 0.3) is 0 Å². The Morgan fingerprint density at radius 1 is 1.07 bits per heavy atom. The summed E-state index contributed by atoms with van der Waals surface area (Å²) < 4.78 is 0. The molecule has 2 N–H and O–H groups in total. The van der Waals surface area contributed by atoms with E-state index in [1.54, 1.807) is 0 Å². The van der Waals surface area contributed by atoms with Crippen LogP contribution in [0, 0.1) is 0 Å². The van der Waals surface area contributed by atoms with Crippen LogP contribution in [0.3, 0.4) is 0 Å². The Morgan fingerprint density at radius 2 is 1.71 bits per heavy atom. The monoisotopic (exact) mass is 197 g/mol. The molecule has 2 aliphatic heterocycles. The number of hydrazine groups is 1. The molecule has 3 unspecified atom stereocenters. The van der Waals surface area contributed by atoms with Crippen molar-refractivity contribution in [2.24, 2.45) is 5.73 Å². The number of nitrogens with zero attached hydrogens (tertiary/aromatic N) is 2. The number of nitrogens with two attached hydrogens (primary N) is 1. The van der Waals surface area contributed by atoms with E-state index in [0.717, 1.165) is 19.5 Å². The molecule has 0 aromatic heterocycles. The predicted molar refractivity (Wildman–Crippen MR) is 58.8 cm³/mol. The predicted octanol–water partition coefficient (Wildman–Crippen LogP) is 1.20. The van der Waals surface area contributed by atoms with Crippen molar-refractivity contribution in [3.05, 3.63) is 0 Å². The molecular formula is C11H23N3. The highest BCUT2D eigenvalue weighted by Gasteiger charge is 2.32. The standard InChI is InChI=1S/C11H23N3/c1-9-4-3-5-10(2)14(9)13-7-6-11(12)8-13/h9-11H,3-8,12H2,1-2H3. The Hall–Kier alpha value is -0.120. The molecule has 0 aromatic rings. The topological polar surface area (TPSA) is 32.5 Å². The van der Waals surface area contributed by atoms with Crippen LogP contribution in [0.4, 0.5) is 0 Å². The quantitative estimate of drug-likeness (QED) is 0.685. The van der Waals surface area contributed by atoms with Gasteiger partial charge in [0.25, 0.3) is 0 Å². The second kappa shape index (κ2) is 4.17. The summed E-state index contributed by atoms with van der Waals surface area (Å²) in [6.07, 6.45) is 5.24. The van der Waals surface area contributed by atoms with Gasteiger partial charge in [0.2, 0.25) is 0 Å². The van der Waals surface area contributed by atoms with Gasteiger partial charge < -0.3 is 5.73 Å². The van der Waals surface area contributed by atoms with Crippen LogP contribution >= 0.6 is 0 Å². The zero-order valence-corrected chi connectivity index (χ0v) is 9.45. The lowest BCUT2D eigenvalue weighted by Gasteiger charge is -2.44. The molecule has 3 heteroatoms. The van der Waals surface area contributed by atoms with Crippen LogP contribution in [0.2, 0.25) is 0 Å². The van der Waals surface area contributed by atoms with Gasteiger partial charge >= 0.3 is 0 Å². The summed E-state index contributed by atoms with van der Waals surface area (Å²) in [6.45, 7) is 6.92. The van der Waals surface area contributed by atoms with E-state index < -0.39 is 0 Å². The van der Waals surface area contributed by atoms with Gasteiger partial charge in [-0.1, -0.05) is 6.42 Å². The highest BCUT2D eigenvalue weighted by atomic mass is 15.7. The average molecular weight is 197 g/mol. The summed E-state index contributed by atoms with van der Waals surface area (Å²) in [4.78, 5) is 0. The first-order valence-corrected chi connectivity index (χ1v) is 5.97. The molecule has 2 rings (SSSR count). The maximum atomic E-state index is 5.95. The van der Waals surface area contributed by atoms with Gasteiger partial charge in [0, 0.05) is 31.2 Å². The van der Waals surface area contributed by atoms with E-state index >= 15 is 0 Å². The van der Waals surface area contributed by atoms with Crippen molar-refractivity contribution in [2.75, 3.05) is 13.1 Å². The summed E-state index contributed by atoms with van der Waals surface area (Å²) in [6, 6.07) is 1.82. The van der Waals surface area contributed by atoms with Crippen molar-refractivity contribution < 1.29 is 0 Å². The maximum Gasteiger partial charge on any atom is 0.0286 e. The molecule has 2 saturated heterocycles. The van der Waals surface area contributed by atoms with E-state index in [4.69, 9.17) is 5.73 Å². The van der Waals surface area contributed by atoms with E-state index in [2.05, 4.69) is 23.9 Å². The molecule has 0 spiro atoms. The van der Waals surface area contributed by atoms with E-state index in [-0.39, 0.29) is 0 Å². The lowest BCUT2D eigenvalue weighted by molar-refractivity contribution is -0.0899. The molecule has 3 atom stereocenters. The fraction of sp³-hybridized carbons (Fsp3) is 1.00. The largest absolute Gasteiger partial charge is 0.326 e. The molecule has 0 aliphatic carbocycles.